The number of rotatable bonds is 9. The molecule has 12 heteroatoms. The normalized spacial score (nSPS) is 14.1. The number of nitrogens with one attached hydrogen (secondary N) is 3. The molecule has 10 nitrogen and oxygen atoms in total. The van der Waals surface area contributed by atoms with Gasteiger partial charge in [0.1, 0.15) is 5.82 Å². The number of hydrogen-bond acceptors (Lipinski definition) is 8. The lowest BCUT2D eigenvalue weighted by Gasteiger charge is -2.13. The molecule has 0 saturated heterocycles. The SMILES string of the molecule is Cc1ccc(Nc2ncc(C)c(Nc3cccc(CNS(=O)(=O)C4CC4)c3)n2)cc1S(N)(=O)=O. The molecule has 5 N–H and O–H groups in total. The highest BCUT2D eigenvalue weighted by molar-refractivity contribution is 7.90. The molecule has 0 bridgehead atoms. The van der Waals surface area contributed by atoms with Crippen molar-refractivity contribution in [1.29, 1.82) is 0 Å². The van der Waals surface area contributed by atoms with Crippen molar-refractivity contribution >= 4 is 43.2 Å². The van der Waals surface area contributed by atoms with Gasteiger partial charge in [-0.05, 0) is 62.1 Å². The lowest BCUT2D eigenvalue weighted by atomic mass is 10.2. The zero-order chi connectivity index (χ0) is 24.5. The molecule has 0 radical (unpaired) electrons. The number of aromatic nitrogens is 2. The van der Waals surface area contributed by atoms with E-state index < -0.39 is 20.0 Å². The highest BCUT2D eigenvalue weighted by Crippen LogP contribution is 2.28. The van der Waals surface area contributed by atoms with E-state index in [0.717, 1.165) is 16.8 Å². The molecule has 1 saturated carbocycles. The topological polar surface area (TPSA) is 156 Å². The van der Waals surface area contributed by atoms with Gasteiger partial charge in [0.25, 0.3) is 0 Å². The molecule has 1 heterocycles. The zero-order valence-electron chi connectivity index (χ0n) is 18.7. The van der Waals surface area contributed by atoms with E-state index in [1.807, 2.05) is 31.2 Å². The Bertz CT molecular complexity index is 1440. The van der Waals surface area contributed by atoms with Gasteiger partial charge in [0, 0.05) is 29.7 Å². The number of primary sulfonamides is 1. The molecule has 4 rings (SSSR count). The summed E-state index contributed by atoms with van der Waals surface area (Å²) in [7, 11) is -7.12. The number of nitrogens with two attached hydrogens (primary N) is 1. The third kappa shape index (κ3) is 5.89. The Morgan fingerprint density at radius 2 is 1.71 bits per heavy atom. The molecule has 34 heavy (non-hydrogen) atoms. The van der Waals surface area contributed by atoms with Gasteiger partial charge in [0.2, 0.25) is 26.0 Å². The standard InChI is InChI=1S/C22H26N6O4S2/c1-14-6-7-18(11-20(14)33(23,29)30)27-22-24-12-15(2)21(28-22)26-17-5-3-4-16(10-17)13-25-34(31,32)19-8-9-19/h3-7,10-12,19,25H,8-9,13H2,1-2H3,(H2,23,29,30)(H2,24,26,27,28). The third-order valence-electron chi connectivity index (χ3n) is 5.35. The first-order valence-electron chi connectivity index (χ1n) is 10.6. The van der Waals surface area contributed by atoms with Crippen LogP contribution in [0.3, 0.4) is 0 Å². The van der Waals surface area contributed by atoms with Crippen molar-refractivity contribution in [3.8, 4) is 0 Å². The first-order chi connectivity index (χ1) is 16.0. The van der Waals surface area contributed by atoms with Crippen molar-refractivity contribution in [3.63, 3.8) is 0 Å². The summed E-state index contributed by atoms with van der Waals surface area (Å²) < 4.78 is 50.4. The molecule has 1 fully saturated rings. The molecule has 0 amide bonds. The van der Waals surface area contributed by atoms with Crippen molar-refractivity contribution in [2.45, 2.75) is 43.4 Å². The second-order valence-electron chi connectivity index (χ2n) is 8.27. The Morgan fingerprint density at radius 3 is 2.41 bits per heavy atom. The second-order valence-corrected chi connectivity index (χ2v) is 11.8. The van der Waals surface area contributed by atoms with E-state index in [4.69, 9.17) is 5.14 Å². The van der Waals surface area contributed by atoms with Gasteiger partial charge in [-0.25, -0.2) is 31.7 Å². The maximum absolute atomic E-state index is 12.1. The lowest BCUT2D eigenvalue weighted by molar-refractivity contribution is 0.580. The number of sulfonamides is 2. The molecule has 0 spiro atoms. The van der Waals surface area contributed by atoms with E-state index in [1.54, 1.807) is 25.3 Å². The summed E-state index contributed by atoms with van der Waals surface area (Å²) in [5, 5.41) is 11.3. The molecular formula is C22H26N6O4S2. The van der Waals surface area contributed by atoms with Crippen LogP contribution >= 0.6 is 0 Å². The van der Waals surface area contributed by atoms with Gasteiger partial charge < -0.3 is 10.6 Å². The zero-order valence-corrected chi connectivity index (χ0v) is 20.4. The fourth-order valence-corrected chi connectivity index (χ4v) is 5.49. The van der Waals surface area contributed by atoms with Crippen LogP contribution in [0.4, 0.5) is 23.1 Å². The Labute approximate surface area is 199 Å². The smallest absolute Gasteiger partial charge is 0.238 e. The number of aryl methyl sites for hydroxylation is 2. The van der Waals surface area contributed by atoms with Gasteiger partial charge in [-0.15, -0.1) is 0 Å². The summed E-state index contributed by atoms with van der Waals surface area (Å²) in [6.45, 7) is 3.73. The van der Waals surface area contributed by atoms with E-state index in [0.29, 0.717) is 29.9 Å². The highest BCUT2D eigenvalue weighted by Gasteiger charge is 2.35. The van der Waals surface area contributed by atoms with Gasteiger partial charge in [0.05, 0.1) is 10.1 Å². The lowest BCUT2D eigenvalue weighted by Crippen LogP contribution is -2.26. The van der Waals surface area contributed by atoms with Crippen molar-refractivity contribution in [3.05, 3.63) is 65.4 Å². The van der Waals surface area contributed by atoms with E-state index in [1.165, 1.54) is 6.07 Å². The fraction of sp³-hybridized carbons (Fsp3) is 0.273. The minimum atomic E-state index is -3.86. The Balaban J connectivity index is 1.50. The first-order valence-corrected chi connectivity index (χ1v) is 13.7. The van der Waals surface area contributed by atoms with Gasteiger partial charge >= 0.3 is 0 Å². The van der Waals surface area contributed by atoms with Crippen molar-refractivity contribution < 1.29 is 16.8 Å². The maximum atomic E-state index is 12.1. The molecule has 2 aromatic carbocycles. The molecule has 1 aromatic heterocycles. The second kappa shape index (κ2) is 9.29. The summed E-state index contributed by atoms with van der Waals surface area (Å²) in [4.78, 5) is 8.79. The van der Waals surface area contributed by atoms with Crippen molar-refractivity contribution in [2.24, 2.45) is 5.14 Å². The number of nitrogens with zero attached hydrogens (tertiary/aromatic N) is 2. The average Bonchev–Trinajstić information content (AvgIpc) is 3.62. The summed E-state index contributed by atoms with van der Waals surface area (Å²) >= 11 is 0. The Kier molecular flexibility index (Phi) is 6.58. The van der Waals surface area contributed by atoms with E-state index >= 15 is 0 Å². The fourth-order valence-electron chi connectivity index (χ4n) is 3.32. The monoisotopic (exact) mass is 502 g/mol. The number of anilines is 4. The largest absolute Gasteiger partial charge is 0.340 e. The molecule has 0 unspecified atom stereocenters. The summed E-state index contributed by atoms with van der Waals surface area (Å²) in [6, 6.07) is 12.2. The molecule has 180 valence electrons. The van der Waals surface area contributed by atoms with Crippen LogP contribution < -0.4 is 20.5 Å². The highest BCUT2D eigenvalue weighted by atomic mass is 32.2. The van der Waals surface area contributed by atoms with Crippen LogP contribution in [-0.4, -0.2) is 32.1 Å². The van der Waals surface area contributed by atoms with Crippen molar-refractivity contribution in [2.75, 3.05) is 10.6 Å². The van der Waals surface area contributed by atoms with Crippen LogP contribution in [0.15, 0.2) is 53.6 Å². The van der Waals surface area contributed by atoms with Crippen LogP contribution in [0.1, 0.15) is 29.5 Å². The minimum Gasteiger partial charge on any atom is -0.340 e. The molecule has 1 aliphatic rings. The van der Waals surface area contributed by atoms with Gasteiger partial charge in [0.15, 0.2) is 0 Å². The quantitative estimate of drug-likeness (QED) is 0.348. The van der Waals surface area contributed by atoms with Crippen molar-refractivity contribution in [1.82, 2.24) is 14.7 Å². The predicted molar refractivity (Wildman–Crippen MR) is 131 cm³/mol. The summed E-state index contributed by atoms with van der Waals surface area (Å²) in [6.07, 6.45) is 3.07. The van der Waals surface area contributed by atoms with E-state index in [2.05, 4.69) is 25.3 Å². The Hall–Kier alpha value is -3.06. The maximum Gasteiger partial charge on any atom is 0.238 e. The number of benzene rings is 2. The first kappa shape index (κ1) is 24.1. The molecule has 1 aliphatic carbocycles. The Morgan fingerprint density at radius 1 is 0.971 bits per heavy atom. The predicted octanol–water partition coefficient (Wildman–Crippen LogP) is 2.81. The van der Waals surface area contributed by atoms with Gasteiger partial charge in [-0.1, -0.05) is 18.2 Å². The van der Waals surface area contributed by atoms with Crippen LogP contribution in [0.2, 0.25) is 0 Å². The summed E-state index contributed by atoms with van der Waals surface area (Å²) in [5.41, 5.74) is 3.37. The molecular weight excluding hydrogens is 476 g/mol. The summed E-state index contributed by atoms with van der Waals surface area (Å²) in [5.74, 6) is 0.817. The van der Waals surface area contributed by atoms with Crippen LogP contribution in [0.25, 0.3) is 0 Å². The van der Waals surface area contributed by atoms with Gasteiger partial charge in [-0.3, -0.25) is 0 Å². The third-order valence-corrected chi connectivity index (χ3v) is 8.30. The number of hydrogen-bond donors (Lipinski definition) is 4. The van der Waals surface area contributed by atoms with Crippen LogP contribution in [-0.2, 0) is 26.6 Å². The van der Waals surface area contributed by atoms with Crippen LogP contribution in [0, 0.1) is 13.8 Å². The average molecular weight is 503 g/mol. The van der Waals surface area contributed by atoms with E-state index in [9.17, 15) is 16.8 Å². The van der Waals surface area contributed by atoms with E-state index in [-0.39, 0.29) is 22.6 Å². The molecule has 3 aromatic rings. The minimum absolute atomic E-state index is 0.0251. The molecule has 0 aliphatic heterocycles. The van der Waals surface area contributed by atoms with Gasteiger partial charge in [-0.2, -0.15) is 4.98 Å². The van der Waals surface area contributed by atoms with Crippen LogP contribution in [0.5, 0.6) is 0 Å². The molecule has 0 atom stereocenters.